The van der Waals surface area contributed by atoms with Crippen molar-refractivity contribution < 1.29 is 14.4 Å². The highest BCUT2D eigenvalue weighted by Crippen LogP contribution is 2.42. The number of nitrogens with zero attached hydrogens (tertiary/aromatic N) is 6. The Labute approximate surface area is 696 Å². The van der Waals surface area contributed by atoms with Crippen molar-refractivity contribution in [2.45, 2.75) is 180 Å². The van der Waals surface area contributed by atoms with E-state index in [0.29, 0.717) is 91.2 Å². The number of amides is 3. The number of carbonyl (C=O) groups excluding carboxylic acids is 3. The summed E-state index contributed by atoms with van der Waals surface area (Å²) >= 11 is 57.5. The Balaban J connectivity index is 0.000000146. The summed E-state index contributed by atoms with van der Waals surface area (Å²) < 4.78 is 5.45. The van der Waals surface area contributed by atoms with Crippen LogP contribution in [0.1, 0.15) is 236 Å². The molecular weight excluding hydrogens is 1570 g/mol. The molecule has 7 aromatic carbocycles. The largest absolute Gasteiger partial charge is 0.348 e. The van der Waals surface area contributed by atoms with Gasteiger partial charge >= 0.3 is 0 Å². The van der Waals surface area contributed by atoms with Gasteiger partial charge in [-0.05, 0) is 284 Å². The lowest BCUT2D eigenvalue weighted by molar-refractivity contribution is 0.0904. The normalized spacial score (nSPS) is 17.3. The van der Waals surface area contributed by atoms with E-state index >= 15 is 0 Å². The van der Waals surface area contributed by atoms with Crippen LogP contribution < -0.4 is 16.0 Å². The Bertz CT molecular complexity index is 4870. The Morgan fingerprint density at radius 2 is 0.640 bits per heavy atom. The van der Waals surface area contributed by atoms with Gasteiger partial charge < -0.3 is 16.0 Å². The number of allylic oxidation sites excluding steroid dienone is 3. The summed E-state index contributed by atoms with van der Waals surface area (Å²) in [6.07, 6.45) is 29.6. The van der Waals surface area contributed by atoms with Crippen LogP contribution in [0.3, 0.4) is 0 Å². The highest BCUT2D eigenvalue weighted by Gasteiger charge is 2.34. The average molecular weight is 1660 g/mol. The van der Waals surface area contributed by atoms with Crippen LogP contribution in [0.15, 0.2) is 158 Å². The molecule has 12 nitrogen and oxygen atoms in total. The van der Waals surface area contributed by atoms with Crippen LogP contribution in [0.2, 0.25) is 45.2 Å². The zero-order chi connectivity index (χ0) is 77.8. The zero-order valence-corrected chi connectivity index (χ0v) is 69.3. The molecule has 576 valence electrons. The number of carbonyl (C=O) groups is 3. The predicted octanol–water partition coefficient (Wildman–Crippen LogP) is 26.2. The fourth-order valence-corrected chi connectivity index (χ4v) is 17.6. The molecule has 0 radical (unpaired) electrons. The molecule has 15 rings (SSSR count). The molecule has 3 aromatic heterocycles. The third kappa shape index (κ3) is 20.1. The van der Waals surface area contributed by atoms with E-state index in [2.05, 4.69) is 48.0 Å². The summed E-state index contributed by atoms with van der Waals surface area (Å²) in [7, 11) is 0. The third-order valence-electron chi connectivity index (χ3n) is 22.0. The SMILES string of the molecule is C[C@@H](NC(=O)c1nn(-c2cc(Cl)ccc2Cl)c2c1CCCC/C2=C\c1ccc(Cl)cc1)C1CCCCC1.C[C@H](NC(=O)c1nn(-c2cc(Cl)ccc2Cl)c2c1CCCC/C2=C\c1ccc(Cl)cc1)C1CCCCC1.C[C@H](NC(=O)c1nn(-c2cc(Cl)ccc2Cl)c2c1CCCC/C2=C\c1ccc(Cl)cc1)c1ccccc1. The first-order valence-corrected chi connectivity index (χ1v) is 42.2. The van der Waals surface area contributed by atoms with E-state index in [9.17, 15) is 14.4 Å². The molecule has 5 aliphatic carbocycles. The molecule has 0 saturated heterocycles. The van der Waals surface area contributed by atoms with Crippen molar-refractivity contribution in [2.75, 3.05) is 0 Å². The van der Waals surface area contributed by atoms with Crippen LogP contribution >= 0.6 is 104 Å². The Hall–Kier alpha value is -7.59. The van der Waals surface area contributed by atoms with E-state index in [0.717, 1.165) is 150 Å². The van der Waals surface area contributed by atoms with Crippen LogP contribution in [-0.2, 0) is 19.3 Å². The standard InChI is InChI=1S/2C30H32Cl3N3O.C30H26Cl3N3O/c3*1-19(21-7-3-2-4-8-21)34-30(37)28-25-10-6-5-9-22(17-20-11-13-23(31)14-12-20)29(25)36(35-28)27-18-24(32)15-16-26(27)33/h2*11-19,21H,2-10H2,1H3,(H,34,37);2-4,7-8,11-19H,5-6,9-10H2,1H3,(H,34,37)/b3*22-17+/t3*19-/m100/s1. The van der Waals surface area contributed by atoms with Crippen LogP contribution in [0, 0.1) is 11.8 Å². The number of fused-ring (bicyclic) bond motifs is 3. The Kier molecular flexibility index (Phi) is 27.9. The molecular formula is C90H90Cl9N9O3. The lowest BCUT2D eigenvalue weighted by Gasteiger charge is -2.28. The van der Waals surface area contributed by atoms with Crippen molar-refractivity contribution >= 4 is 157 Å². The Morgan fingerprint density at radius 1 is 0.351 bits per heavy atom. The number of rotatable bonds is 15. The van der Waals surface area contributed by atoms with Gasteiger partial charge in [-0.3, -0.25) is 14.4 Å². The number of benzene rings is 7. The molecule has 2 saturated carbocycles. The molecule has 111 heavy (non-hydrogen) atoms. The Morgan fingerprint density at radius 3 is 0.955 bits per heavy atom. The topological polar surface area (TPSA) is 141 Å². The van der Waals surface area contributed by atoms with E-state index in [-0.39, 0.29) is 35.8 Å². The lowest BCUT2D eigenvalue weighted by atomic mass is 9.84. The molecule has 3 amide bonds. The van der Waals surface area contributed by atoms with Gasteiger partial charge in [0, 0.05) is 58.9 Å². The summed E-state index contributed by atoms with van der Waals surface area (Å²) in [4.78, 5) is 41.0. The summed E-state index contributed by atoms with van der Waals surface area (Å²) in [6, 6.07) is 49.3. The first kappa shape index (κ1) is 81.4. The molecule has 0 unspecified atom stereocenters. The zero-order valence-electron chi connectivity index (χ0n) is 62.5. The summed E-state index contributed by atoms with van der Waals surface area (Å²) in [5.74, 6) is 0.595. The van der Waals surface area contributed by atoms with Gasteiger partial charge in [-0.2, -0.15) is 15.3 Å². The van der Waals surface area contributed by atoms with Crippen molar-refractivity contribution in [2.24, 2.45) is 11.8 Å². The highest BCUT2D eigenvalue weighted by molar-refractivity contribution is 6.36. The predicted molar refractivity (Wildman–Crippen MR) is 461 cm³/mol. The second kappa shape index (κ2) is 38.0. The summed E-state index contributed by atoms with van der Waals surface area (Å²) in [6.45, 7) is 6.23. The molecule has 0 bridgehead atoms. The van der Waals surface area contributed by atoms with Gasteiger partial charge in [-0.25, -0.2) is 14.0 Å². The maximum atomic E-state index is 13.7. The van der Waals surface area contributed by atoms with E-state index < -0.39 is 0 Å². The highest BCUT2D eigenvalue weighted by atomic mass is 35.5. The second-order valence-electron chi connectivity index (χ2n) is 29.8. The van der Waals surface area contributed by atoms with Gasteiger partial charge in [0.1, 0.15) is 0 Å². The van der Waals surface area contributed by atoms with Gasteiger partial charge in [-0.15, -0.1) is 0 Å². The van der Waals surface area contributed by atoms with Gasteiger partial charge in [-0.1, -0.05) is 210 Å². The second-order valence-corrected chi connectivity index (χ2v) is 33.6. The number of aromatic nitrogens is 6. The van der Waals surface area contributed by atoms with Gasteiger partial charge in [0.25, 0.3) is 17.7 Å². The van der Waals surface area contributed by atoms with Crippen LogP contribution in [0.5, 0.6) is 0 Å². The number of hydrogen-bond donors (Lipinski definition) is 3. The molecule has 5 aliphatic rings. The molecule has 3 atom stereocenters. The first-order valence-electron chi connectivity index (χ1n) is 38.8. The van der Waals surface area contributed by atoms with Gasteiger partial charge in [0.05, 0.1) is 55.3 Å². The quantitative estimate of drug-likeness (QED) is 0.0873. The minimum atomic E-state index is -0.211. The van der Waals surface area contributed by atoms with Crippen molar-refractivity contribution in [1.82, 2.24) is 45.3 Å². The summed E-state index contributed by atoms with van der Waals surface area (Å²) in [5.41, 5.74) is 16.5. The number of hydrogen-bond acceptors (Lipinski definition) is 6. The number of nitrogens with one attached hydrogen (secondary N) is 3. The lowest BCUT2D eigenvalue weighted by Crippen LogP contribution is -2.39. The van der Waals surface area contributed by atoms with Crippen LogP contribution in [-0.4, -0.2) is 59.1 Å². The van der Waals surface area contributed by atoms with E-state index in [1.807, 2.05) is 132 Å². The van der Waals surface area contributed by atoms with Gasteiger partial charge in [0.2, 0.25) is 0 Å². The first-order chi connectivity index (χ1) is 53.7. The van der Waals surface area contributed by atoms with Crippen molar-refractivity contribution in [3.8, 4) is 17.1 Å². The van der Waals surface area contributed by atoms with Crippen LogP contribution in [0.4, 0.5) is 0 Å². The fraction of sp³-hybridized carbons (Fsp3) is 0.333. The van der Waals surface area contributed by atoms with E-state index in [1.165, 1.54) is 64.2 Å². The van der Waals surface area contributed by atoms with Crippen molar-refractivity contribution in [3.63, 3.8) is 0 Å². The monoisotopic (exact) mass is 1660 g/mol. The fourth-order valence-electron chi connectivity index (χ4n) is 16.1. The average Bonchev–Trinajstić information content (AvgIpc) is 1.64. The maximum absolute atomic E-state index is 13.7. The molecule has 3 heterocycles. The van der Waals surface area contributed by atoms with Gasteiger partial charge in [0.15, 0.2) is 17.1 Å². The van der Waals surface area contributed by atoms with Crippen molar-refractivity contribution in [3.05, 3.63) is 276 Å². The minimum Gasteiger partial charge on any atom is -0.348 e. The maximum Gasteiger partial charge on any atom is 0.272 e. The molecule has 0 aliphatic heterocycles. The molecule has 2 fully saturated rings. The van der Waals surface area contributed by atoms with Crippen molar-refractivity contribution in [1.29, 1.82) is 0 Å². The molecule has 21 heteroatoms. The third-order valence-corrected chi connectivity index (χ3v) is 24.4. The van der Waals surface area contributed by atoms with E-state index in [1.54, 1.807) is 47.1 Å². The molecule has 0 spiro atoms. The molecule has 3 N–H and O–H groups in total. The van der Waals surface area contributed by atoms with E-state index in [4.69, 9.17) is 120 Å². The molecule has 10 aromatic rings. The number of halogens is 9. The summed E-state index contributed by atoms with van der Waals surface area (Å²) in [5, 5.41) is 29.7. The minimum absolute atomic E-state index is 0.109. The smallest absolute Gasteiger partial charge is 0.272 e. The van der Waals surface area contributed by atoms with Crippen LogP contribution in [0.25, 0.3) is 52.0 Å².